The van der Waals surface area contributed by atoms with Crippen LogP contribution in [-0.2, 0) is 16.0 Å². The number of amides is 1. The number of aliphatic hydroxyl groups excluding tert-OH is 1. The van der Waals surface area contributed by atoms with Gasteiger partial charge in [0.05, 0.1) is 13.2 Å². The third kappa shape index (κ3) is 6.13. The normalized spacial score (nSPS) is 15.9. The number of hydrogen-bond donors (Lipinski definition) is 2. The first-order chi connectivity index (χ1) is 10.8. The van der Waals surface area contributed by atoms with Crippen molar-refractivity contribution in [3.8, 4) is 0 Å². The Morgan fingerprint density at radius 1 is 1.23 bits per heavy atom. The molecule has 0 aliphatic carbocycles. The molecule has 1 saturated heterocycles. The number of rotatable bonds is 8. The van der Waals surface area contributed by atoms with Gasteiger partial charge in [-0.1, -0.05) is 30.3 Å². The Labute approximate surface area is 132 Å². The van der Waals surface area contributed by atoms with Gasteiger partial charge in [0, 0.05) is 32.3 Å². The lowest BCUT2D eigenvalue weighted by molar-refractivity contribution is -0.123. The zero-order valence-electron chi connectivity index (χ0n) is 13.0. The third-order valence-corrected chi connectivity index (χ3v) is 3.93. The van der Waals surface area contributed by atoms with Gasteiger partial charge in [-0.3, -0.25) is 9.69 Å². The Morgan fingerprint density at radius 2 is 1.95 bits per heavy atom. The minimum absolute atomic E-state index is 0.0356. The molecule has 2 rings (SSSR count). The molecule has 22 heavy (non-hydrogen) atoms. The molecule has 0 aromatic heterocycles. The Morgan fingerprint density at radius 3 is 2.64 bits per heavy atom. The van der Waals surface area contributed by atoms with Crippen LogP contribution in [0.3, 0.4) is 0 Å². The summed E-state index contributed by atoms with van der Waals surface area (Å²) >= 11 is 0. The van der Waals surface area contributed by atoms with Crippen LogP contribution in [0.25, 0.3) is 0 Å². The van der Waals surface area contributed by atoms with E-state index in [1.807, 2.05) is 23.1 Å². The summed E-state index contributed by atoms with van der Waals surface area (Å²) in [6.07, 6.45) is 2.65. The van der Waals surface area contributed by atoms with Crippen LogP contribution < -0.4 is 5.32 Å². The van der Waals surface area contributed by atoms with Crippen LogP contribution in [-0.4, -0.2) is 61.4 Å². The fourth-order valence-electron chi connectivity index (χ4n) is 2.66. The molecule has 1 aliphatic rings. The van der Waals surface area contributed by atoms with Crippen molar-refractivity contribution in [2.45, 2.75) is 25.3 Å². The highest BCUT2D eigenvalue weighted by molar-refractivity contribution is 5.78. The SMILES string of the molecule is O=C(CN(CCO)CCc1ccccc1)NC1CCOCC1. The molecular weight excluding hydrogens is 280 g/mol. The van der Waals surface area contributed by atoms with Crippen LogP contribution in [0, 0.1) is 0 Å². The number of carbonyl (C=O) groups is 1. The molecule has 5 nitrogen and oxygen atoms in total. The second kappa shape index (κ2) is 9.56. The molecule has 1 fully saturated rings. The lowest BCUT2D eigenvalue weighted by atomic mass is 10.1. The van der Waals surface area contributed by atoms with Crippen molar-refractivity contribution in [3.05, 3.63) is 35.9 Å². The van der Waals surface area contributed by atoms with E-state index in [0.717, 1.165) is 39.0 Å². The molecule has 5 heteroatoms. The number of hydrogen-bond acceptors (Lipinski definition) is 4. The van der Waals surface area contributed by atoms with Gasteiger partial charge in [0.15, 0.2) is 0 Å². The van der Waals surface area contributed by atoms with Gasteiger partial charge in [-0.05, 0) is 24.8 Å². The molecule has 0 saturated carbocycles. The minimum atomic E-state index is 0.0356. The van der Waals surface area contributed by atoms with Crippen LogP contribution in [0.1, 0.15) is 18.4 Å². The monoisotopic (exact) mass is 306 g/mol. The quantitative estimate of drug-likeness (QED) is 0.746. The molecule has 1 aromatic carbocycles. The maximum Gasteiger partial charge on any atom is 0.234 e. The lowest BCUT2D eigenvalue weighted by Crippen LogP contribution is -2.45. The van der Waals surface area contributed by atoms with E-state index in [1.54, 1.807) is 0 Å². The summed E-state index contributed by atoms with van der Waals surface area (Å²) in [6.45, 7) is 3.14. The molecule has 0 bridgehead atoms. The Balaban J connectivity index is 1.75. The first kappa shape index (κ1) is 16.9. The van der Waals surface area contributed by atoms with E-state index in [2.05, 4.69) is 17.4 Å². The van der Waals surface area contributed by atoms with Crippen LogP contribution in [0.4, 0.5) is 0 Å². The summed E-state index contributed by atoms with van der Waals surface area (Å²) in [4.78, 5) is 14.1. The Kier molecular flexibility index (Phi) is 7.36. The fraction of sp³-hybridized carbons (Fsp3) is 0.588. The summed E-state index contributed by atoms with van der Waals surface area (Å²) in [6, 6.07) is 10.4. The lowest BCUT2D eigenvalue weighted by Gasteiger charge is -2.26. The molecule has 0 spiro atoms. The van der Waals surface area contributed by atoms with Gasteiger partial charge in [-0.15, -0.1) is 0 Å². The van der Waals surface area contributed by atoms with Crippen molar-refractivity contribution < 1.29 is 14.6 Å². The minimum Gasteiger partial charge on any atom is -0.395 e. The number of benzene rings is 1. The molecule has 1 aliphatic heterocycles. The van der Waals surface area contributed by atoms with Crippen LogP contribution in [0.2, 0.25) is 0 Å². The molecule has 1 heterocycles. The van der Waals surface area contributed by atoms with E-state index in [1.165, 1.54) is 5.56 Å². The summed E-state index contributed by atoms with van der Waals surface area (Å²) in [5.41, 5.74) is 1.25. The Hall–Kier alpha value is -1.43. The van der Waals surface area contributed by atoms with Gasteiger partial charge in [0.2, 0.25) is 5.91 Å². The van der Waals surface area contributed by atoms with Gasteiger partial charge in [-0.25, -0.2) is 0 Å². The first-order valence-corrected chi connectivity index (χ1v) is 8.02. The summed E-state index contributed by atoms with van der Waals surface area (Å²) in [5.74, 6) is 0.0356. The smallest absolute Gasteiger partial charge is 0.234 e. The summed E-state index contributed by atoms with van der Waals surface area (Å²) in [7, 11) is 0. The number of nitrogens with one attached hydrogen (secondary N) is 1. The highest BCUT2D eigenvalue weighted by Crippen LogP contribution is 2.06. The highest BCUT2D eigenvalue weighted by atomic mass is 16.5. The van der Waals surface area contributed by atoms with Gasteiger partial charge in [0.25, 0.3) is 0 Å². The standard InChI is InChI=1S/C17H26N2O3/c20-11-10-19(9-6-15-4-2-1-3-5-15)14-17(21)18-16-7-12-22-13-8-16/h1-5,16,20H,6-14H2,(H,18,21). The molecular formula is C17H26N2O3. The van der Waals surface area contributed by atoms with E-state index >= 15 is 0 Å². The number of aliphatic hydroxyl groups is 1. The fourth-order valence-corrected chi connectivity index (χ4v) is 2.66. The molecule has 0 radical (unpaired) electrons. The molecule has 0 atom stereocenters. The van der Waals surface area contributed by atoms with Crippen molar-refractivity contribution in [1.82, 2.24) is 10.2 Å². The number of ether oxygens (including phenoxy) is 1. The summed E-state index contributed by atoms with van der Waals surface area (Å²) < 4.78 is 5.29. The van der Waals surface area contributed by atoms with Crippen molar-refractivity contribution >= 4 is 5.91 Å². The van der Waals surface area contributed by atoms with Crippen LogP contribution in [0.15, 0.2) is 30.3 Å². The maximum atomic E-state index is 12.1. The van der Waals surface area contributed by atoms with Crippen molar-refractivity contribution in [3.63, 3.8) is 0 Å². The predicted molar refractivity (Wildman–Crippen MR) is 85.7 cm³/mol. The van der Waals surface area contributed by atoms with Crippen molar-refractivity contribution in [1.29, 1.82) is 0 Å². The third-order valence-electron chi connectivity index (χ3n) is 3.93. The number of nitrogens with zero attached hydrogens (tertiary/aromatic N) is 1. The van der Waals surface area contributed by atoms with Gasteiger partial charge >= 0.3 is 0 Å². The topological polar surface area (TPSA) is 61.8 Å². The van der Waals surface area contributed by atoms with Gasteiger partial charge in [-0.2, -0.15) is 0 Å². The Bertz CT molecular complexity index is 433. The van der Waals surface area contributed by atoms with E-state index in [-0.39, 0.29) is 18.6 Å². The molecule has 122 valence electrons. The maximum absolute atomic E-state index is 12.1. The van der Waals surface area contributed by atoms with E-state index < -0.39 is 0 Å². The zero-order valence-corrected chi connectivity index (χ0v) is 13.0. The van der Waals surface area contributed by atoms with Crippen LogP contribution >= 0.6 is 0 Å². The second-order valence-corrected chi connectivity index (χ2v) is 5.69. The van der Waals surface area contributed by atoms with E-state index in [9.17, 15) is 9.90 Å². The van der Waals surface area contributed by atoms with E-state index in [4.69, 9.17) is 4.74 Å². The molecule has 2 N–H and O–H groups in total. The number of carbonyl (C=O) groups excluding carboxylic acids is 1. The zero-order chi connectivity index (χ0) is 15.6. The first-order valence-electron chi connectivity index (χ1n) is 8.02. The highest BCUT2D eigenvalue weighted by Gasteiger charge is 2.17. The van der Waals surface area contributed by atoms with E-state index in [0.29, 0.717) is 13.1 Å². The average molecular weight is 306 g/mol. The van der Waals surface area contributed by atoms with Gasteiger partial charge < -0.3 is 15.2 Å². The average Bonchev–Trinajstić information content (AvgIpc) is 2.55. The van der Waals surface area contributed by atoms with Crippen LogP contribution in [0.5, 0.6) is 0 Å². The summed E-state index contributed by atoms with van der Waals surface area (Å²) in [5, 5.41) is 12.2. The molecule has 1 amide bonds. The van der Waals surface area contributed by atoms with Crippen molar-refractivity contribution in [2.24, 2.45) is 0 Å². The molecule has 0 unspecified atom stereocenters. The largest absolute Gasteiger partial charge is 0.395 e. The molecule has 1 aromatic rings. The van der Waals surface area contributed by atoms with Gasteiger partial charge in [0.1, 0.15) is 0 Å². The predicted octanol–water partition coefficient (Wildman–Crippen LogP) is 0.819. The van der Waals surface area contributed by atoms with Crippen molar-refractivity contribution in [2.75, 3.05) is 39.5 Å². The second-order valence-electron chi connectivity index (χ2n) is 5.69.